The summed E-state index contributed by atoms with van der Waals surface area (Å²) in [6.07, 6.45) is 4.18. The molecule has 0 bridgehead atoms. The minimum Gasteiger partial charge on any atom is -0.352 e. The molecule has 0 aromatic heterocycles. The molecule has 0 unspecified atom stereocenters. The largest absolute Gasteiger partial charge is 0.352 e. The Labute approximate surface area is 162 Å². The number of nitrogens with zero attached hydrogens (tertiary/aromatic N) is 1. The van der Waals surface area contributed by atoms with Crippen LogP contribution in [0.15, 0.2) is 12.1 Å². The Kier molecular flexibility index (Phi) is 6.19. The SMILES string of the molecule is CC(=O)N[C@H]1CCN(C(=O)N[C@H](c2c(F)ccc(Cl)c2F)C2CCCC2)C1. The molecule has 1 heterocycles. The van der Waals surface area contributed by atoms with E-state index in [4.69, 9.17) is 11.6 Å². The van der Waals surface area contributed by atoms with Crippen molar-refractivity contribution in [3.63, 3.8) is 0 Å². The molecule has 148 valence electrons. The first-order chi connectivity index (χ1) is 12.9. The second-order valence-corrected chi connectivity index (χ2v) is 7.77. The first-order valence-corrected chi connectivity index (χ1v) is 9.70. The Morgan fingerprint density at radius 2 is 1.93 bits per heavy atom. The lowest BCUT2D eigenvalue weighted by molar-refractivity contribution is -0.119. The predicted molar refractivity (Wildman–Crippen MR) is 98.4 cm³/mol. The molecule has 0 spiro atoms. The van der Waals surface area contributed by atoms with Crippen LogP contribution in [0.25, 0.3) is 0 Å². The molecular weight excluding hydrogens is 376 g/mol. The number of amides is 3. The number of hydrogen-bond donors (Lipinski definition) is 2. The van der Waals surface area contributed by atoms with E-state index >= 15 is 0 Å². The van der Waals surface area contributed by atoms with Gasteiger partial charge in [0, 0.05) is 31.6 Å². The molecule has 2 aliphatic rings. The molecule has 1 aliphatic carbocycles. The summed E-state index contributed by atoms with van der Waals surface area (Å²) in [6, 6.07) is 1.08. The van der Waals surface area contributed by atoms with Crippen molar-refractivity contribution < 1.29 is 18.4 Å². The highest BCUT2D eigenvalue weighted by atomic mass is 35.5. The number of carbonyl (C=O) groups excluding carboxylic acids is 2. The van der Waals surface area contributed by atoms with E-state index in [1.807, 2.05) is 0 Å². The van der Waals surface area contributed by atoms with Gasteiger partial charge < -0.3 is 15.5 Å². The van der Waals surface area contributed by atoms with E-state index in [0.717, 1.165) is 31.7 Å². The number of hydrogen-bond acceptors (Lipinski definition) is 2. The van der Waals surface area contributed by atoms with E-state index < -0.39 is 17.7 Å². The van der Waals surface area contributed by atoms with Crippen molar-refractivity contribution in [2.75, 3.05) is 13.1 Å². The van der Waals surface area contributed by atoms with Gasteiger partial charge >= 0.3 is 6.03 Å². The van der Waals surface area contributed by atoms with Gasteiger partial charge in [-0.3, -0.25) is 4.79 Å². The molecule has 2 atom stereocenters. The second-order valence-electron chi connectivity index (χ2n) is 7.36. The van der Waals surface area contributed by atoms with Gasteiger partial charge in [-0.05, 0) is 37.3 Å². The maximum atomic E-state index is 14.6. The molecule has 1 aromatic carbocycles. The second kappa shape index (κ2) is 8.42. The average molecular weight is 400 g/mol. The lowest BCUT2D eigenvalue weighted by atomic mass is 9.91. The average Bonchev–Trinajstić information content (AvgIpc) is 3.29. The Morgan fingerprint density at radius 3 is 2.59 bits per heavy atom. The maximum Gasteiger partial charge on any atom is 0.317 e. The summed E-state index contributed by atoms with van der Waals surface area (Å²) in [5, 5.41) is 5.47. The van der Waals surface area contributed by atoms with Crippen LogP contribution in [0, 0.1) is 17.6 Å². The lowest BCUT2D eigenvalue weighted by Crippen LogP contribution is -2.44. The zero-order valence-corrected chi connectivity index (χ0v) is 16.0. The van der Waals surface area contributed by atoms with E-state index in [1.165, 1.54) is 13.0 Å². The standard InChI is InChI=1S/C19H24ClF2N3O2/c1-11(26)23-13-8-9-25(10-13)19(27)24-18(12-4-2-3-5-12)16-15(21)7-6-14(20)17(16)22/h6-7,12-13,18H,2-5,8-10H2,1H3,(H,23,26)(H,24,27)/t13-,18-/m0/s1. The third kappa shape index (κ3) is 4.51. The van der Waals surface area contributed by atoms with E-state index in [0.29, 0.717) is 19.5 Å². The Hall–Kier alpha value is -1.89. The molecule has 0 radical (unpaired) electrons. The van der Waals surface area contributed by atoms with Crippen LogP contribution in [0.5, 0.6) is 0 Å². The van der Waals surface area contributed by atoms with Gasteiger partial charge in [-0.1, -0.05) is 24.4 Å². The number of likely N-dealkylation sites (tertiary alicyclic amines) is 1. The minimum absolute atomic E-state index is 0.0369. The third-order valence-corrected chi connectivity index (χ3v) is 5.72. The van der Waals surface area contributed by atoms with E-state index in [1.54, 1.807) is 4.90 Å². The summed E-state index contributed by atoms with van der Waals surface area (Å²) >= 11 is 5.86. The molecule has 27 heavy (non-hydrogen) atoms. The summed E-state index contributed by atoms with van der Waals surface area (Å²) in [6.45, 7) is 2.29. The molecule has 1 saturated carbocycles. The lowest BCUT2D eigenvalue weighted by Gasteiger charge is -2.28. The zero-order valence-electron chi connectivity index (χ0n) is 15.2. The number of urea groups is 1. The highest BCUT2D eigenvalue weighted by molar-refractivity contribution is 6.30. The van der Waals surface area contributed by atoms with E-state index in [9.17, 15) is 18.4 Å². The quantitative estimate of drug-likeness (QED) is 0.757. The van der Waals surface area contributed by atoms with Crippen LogP contribution in [0.1, 0.15) is 50.6 Å². The molecule has 3 amide bonds. The van der Waals surface area contributed by atoms with Crippen LogP contribution in [0.4, 0.5) is 13.6 Å². The van der Waals surface area contributed by atoms with Crippen molar-refractivity contribution in [2.45, 2.75) is 51.1 Å². The van der Waals surface area contributed by atoms with Gasteiger partial charge in [0.1, 0.15) is 11.6 Å². The number of benzene rings is 1. The van der Waals surface area contributed by atoms with Crippen molar-refractivity contribution in [1.82, 2.24) is 15.5 Å². The molecule has 3 rings (SSSR count). The highest BCUT2D eigenvalue weighted by Gasteiger charge is 2.35. The summed E-state index contributed by atoms with van der Waals surface area (Å²) in [4.78, 5) is 25.5. The summed E-state index contributed by atoms with van der Waals surface area (Å²) in [5.41, 5.74) is -0.166. The summed E-state index contributed by atoms with van der Waals surface area (Å²) < 4.78 is 29.1. The van der Waals surface area contributed by atoms with Gasteiger partial charge in [0.15, 0.2) is 0 Å². The van der Waals surface area contributed by atoms with Crippen LogP contribution in [0.2, 0.25) is 5.02 Å². The Balaban J connectivity index is 1.78. The van der Waals surface area contributed by atoms with Gasteiger partial charge in [-0.15, -0.1) is 0 Å². The van der Waals surface area contributed by atoms with Crippen LogP contribution in [-0.4, -0.2) is 36.0 Å². The zero-order chi connectivity index (χ0) is 19.6. The molecule has 8 heteroatoms. The number of rotatable bonds is 4. The molecule has 1 aliphatic heterocycles. The fraction of sp³-hybridized carbons (Fsp3) is 0.579. The molecular formula is C19H24ClF2N3O2. The van der Waals surface area contributed by atoms with E-state index in [2.05, 4.69) is 10.6 Å². The summed E-state index contributed by atoms with van der Waals surface area (Å²) in [7, 11) is 0. The van der Waals surface area contributed by atoms with Crippen molar-refractivity contribution in [1.29, 1.82) is 0 Å². The maximum absolute atomic E-state index is 14.6. The van der Waals surface area contributed by atoms with Crippen LogP contribution in [-0.2, 0) is 4.79 Å². The fourth-order valence-electron chi connectivity index (χ4n) is 4.12. The topological polar surface area (TPSA) is 61.4 Å². The monoisotopic (exact) mass is 399 g/mol. The molecule has 2 N–H and O–H groups in total. The Morgan fingerprint density at radius 1 is 1.22 bits per heavy atom. The van der Waals surface area contributed by atoms with E-state index in [-0.39, 0.29) is 34.5 Å². The van der Waals surface area contributed by atoms with Gasteiger partial charge in [0.2, 0.25) is 5.91 Å². The van der Waals surface area contributed by atoms with Crippen LogP contribution < -0.4 is 10.6 Å². The van der Waals surface area contributed by atoms with Crippen molar-refractivity contribution in [3.05, 3.63) is 34.4 Å². The smallest absolute Gasteiger partial charge is 0.317 e. The fourth-order valence-corrected chi connectivity index (χ4v) is 4.28. The van der Waals surface area contributed by atoms with Gasteiger partial charge in [-0.2, -0.15) is 0 Å². The number of halogens is 3. The molecule has 5 nitrogen and oxygen atoms in total. The normalized spacial score (nSPS) is 21.3. The minimum atomic E-state index is -0.814. The van der Waals surface area contributed by atoms with Crippen LogP contribution >= 0.6 is 11.6 Å². The number of carbonyl (C=O) groups is 2. The Bertz CT molecular complexity index is 725. The highest BCUT2D eigenvalue weighted by Crippen LogP contribution is 2.39. The summed E-state index contributed by atoms with van der Waals surface area (Å²) in [5.74, 6) is -1.70. The molecule has 1 saturated heterocycles. The van der Waals surface area contributed by atoms with Crippen LogP contribution in [0.3, 0.4) is 0 Å². The van der Waals surface area contributed by atoms with Gasteiger partial charge in [0.05, 0.1) is 11.1 Å². The molecule has 2 fully saturated rings. The van der Waals surface area contributed by atoms with Gasteiger partial charge in [0.25, 0.3) is 0 Å². The first kappa shape index (κ1) is 19.9. The molecule has 1 aromatic rings. The van der Waals surface area contributed by atoms with Gasteiger partial charge in [-0.25, -0.2) is 13.6 Å². The first-order valence-electron chi connectivity index (χ1n) is 9.32. The van der Waals surface area contributed by atoms with Crippen molar-refractivity contribution in [2.24, 2.45) is 5.92 Å². The number of nitrogens with one attached hydrogen (secondary N) is 2. The predicted octanol–water partition coefficient (Wildman–Crippen LogP) is 3.77. The third-order valence-electron chi connectivity index (χ3n) is 5.42. The van der Waals surface area contributed by atoms with Crippen molar-refractivity contribution in [3.8, 4) is 0 Å². The van der Waals surface area contributed by atoms with Crippen molar-refractivity contribution >= 4 is 23.5 Å².